The molecule has 7 nitrogen and oxygen atoms in total. The molecule has 0 amide bonds. The fourth-order valence-electron chi connectivity index (χ4n) is 3.03. The Balaban J connectivity index is 2.60. The van der Waals surface area contributed by atoms with Gasteiger partial charge >= 0.3 is 0 Å². The highest BCUT2D eigenvalue weighted by molar-refractivity contribution is 7.90. The van der Waals surface area contributed by atoms with Crippen LogP contribution in [-0.2, 0) is 21.1 Å². The number of hydrogen-bond acceptors (Lipinski definition) is 6. The molecular formula is C18H24N2O5S. The first-order valence-corrected chi connectivity index (χ1v) is 10.1. The summed E-state index contributed by atoms with van der Waals surface area (Å²) in [6.07, 6.45) is 2.64. The van der Waals surface area contributed by atoms with Gasteiger partial charge < -0.3 is 9.47 Å². The van der Waals surface area contributed by atoms with Crippen molar-refractivity contribution in [3.63, 3.8) is 0 Å². The van der Waals surface area contributed by atoms with Crippen molar-refractivity contribution in [2.45, 2.75) is 39.1 Å². The first-order chi connectivity index (χ1) is 12.1. The molecule has 2 aromatic rings. The second-order valence-electron chi connectivity index (χ2n) is 6.15. The number of benzene rings is 1. The Labute approximate surface area is 153 Å². The number of carbonyl (C=O) groups excluding carboxylic acids is 1. The van der Waals surface area contributed by atoms with Crippen LogP contribution in [0.5, 0.6) is 5.88 Å². The van der Waals surface area contributed by atoms with Gasteiger partial charge in [0.15, 0.2) is 22.4 Å². The van der Waals surface area contributed by atoms with E-state index in [0.29, 0.717) is 40.2 Å². The zero-order valence-corrected chi connectivity index (χ0v) is 16.7. The minimum Gasteiger partial charge on any atom is -0.450 e. The van der Waals surface area contributed by atoms with E-state index in [1.165, 1.54) is 19.6 Å². The van der Waals surface area contributed by atoms with Gasteiger partial charge in [0, 0.05) is 25.5 Å². The fourth-order valence-corrected chi connectivity index (χ4v) is 4.39. The normalized spacial score (nSPS) is 11.6. The largest absolute Gasteiger partial charge is 0.450 e. The zero-order chi connectivity index (χ0) is 19.6. The van der Waals surface area contributed by atoms with Gasteiger partial charge in [-0.05, 0) is 50.5 Å². The molecule has 0 radical (unpaired) electrons. The second-order valence-corrected chi connectivity index (χ2v) is 8.10. The number of ether oxygens (including phenoxy) is 2. The number of rotatable bonds is 7. The lowest BCUT2D eigenvalue weighted by Crippen LogP contribution is -2.13. The third-order valence-corrected chi connectivity index (χ3v) is 5.66. The SMILES string of the molecule is CCn1ncc(C(=O)c2cc(C)c(S(C)(=O)=O)c(C)c2C)c1OCOC. The van der Waals surface area contributed by atoms with Gasteiger partial charge in [-0.1, -0.05) is 0 Å². The fraction of sp³-hybridized carbons (Fsp3) is 0.444. The average molecular weight is 380 g/mol. The molecule has 0 aliphatic carbocycles. The summed E-state index contributed by atoms with van der Waals surface area (Å²) in [5, 5.41) is 4.18. The van der Waals surface area contributed by atoms with Crippen molar-refractivity contribution in [3.05, 3.63) is 40.1 Å². The van der Waals surface area contributed by atoms with Crippen LogP contribution in [0.25, 0.3) is 0 Å². The Morgan fingerprint density at radius 3 is 2.38 bits per heavy atom. The minimum atomic E-state index is -3.38. The summed E-state index contributed by atoms with van der Waals surface area (Å²) in [5.41, 5.74) is 2.51. The molecule has 1 aromatic carbocycles. The molecule has 0 atom stereocenters. The molecule has 2 rings (SSSR count). The van der Waals surface area contributed by atoms with E-state index in [2.05, 4.69) is 5.10 Å². The highest BCUT2D eigenvalue weighted by Gasteiger charge is 2.25. The number of sulfone groups is 1. The van der Waals surface area contributed by atoms with Crippen LogP contribution in [0.15, 0.2) is 17.2 Å². The van der Waals surface area contributed by atoms with E-state index >= 15 is 0 Å². The highest BCUT2D eigenvalue weighted by atomic mass is 32.2. The third-order valence-electron chi connectivity index (χ3n) is 4.29. The molecule has 0 N–H and O–H groups in total. The second kappa shape index (κ2) is 7.59. The van der Waals surface area contributed by atoms with E-state index in [0.717, 1.165) is 0 Å². The molecular weight excluding hydrogens is 356 g/mol. The van der Waals surface area contributed by atoms with Crippen molar-refractivity contribution in [1.29, 1.82) is 0 Å². The van der Waals surface area contributed by atoms with Gasteiger partial charge in [-0.15, -0.1) is 0 Å². The van der Waals surface area contributed by atoms with E-state index in [9.17, 15) is 13.2 Å². The van der Waals surface area contributed by atoms with Crippen LogP contribution in [0.1, 0.15) is 39.5 Å². The lowest BCUT2D eigenvalue weighted by atomic mass is 9.95. The zero-order valence-electron chi connectivity index (χ0n) is 15.9. The molecule has 0 fully saturated rings. The summed E-state index contributed by atoms with van der Waals surface area (Å²) in [5.74, 6) is 0.0702. The first-order valence-electron chi connectivity index (χ1n) is 8.16. The maximum absolute atomic E-state index is 13.1. The molecule has 0 spiro atoms. The van der Waals surface area contributed by atoms with Crippen molar-refractivity contribution < 1.29 is 22.7 Å². The van der Waals surface area contributed by atoms with Gasteiger partial charge in [0.2, 0.25) is 5.88 Å². The lowest BCUT2D eigenvalue weighted by molar-refractivity contribution is 0.0434. The average Bonchev–Trinajstić information content (AvgIpc) is 2.97. The Morgan fingerprint density at radius 2 is 1.85 bits per heavy atom. The summed E-state index contributed by atoms with van der Waals surface area (Å²) in [6, 6.07) is 1.62. The summed E-state index contributed by atoms with van der Waals surface area (Å²) in [7, 11) is -1.89. The van der Waals surface area contributed by atoms with E-state index in [-0.39, 0.29) is 17.5 Å². The number of aryl methyl sites for hydroxylation is 2. The van der Waals surface area contributed by atoms with Gasteiger partial charge in [0.25, 0.3) is 0 Å². The summed E-state index contributed by atoms with van der Waals surface area (Å²) in [4.78, 5) is 13.4. The Hall–Kier alpha value is -2.19. The van der Waals surface area contributed by atoms with Gasteiger partial charge in [0.05, 0.1) is 11.1 Å². The maximum atomic E-state index is 13.1. The number of aromatic nitrogens is 2. The van der Waals surface area contributed by atoms with Crippen molar-refractivity contribution >= 4 is 15.6 Å². The number of ketones is 1. The minimum absolute atomic E-state index is 0.00394. The van der Waals surface area contributed by atoms with Crippen LogP contribution < -0.4 is 4.74 Å². The topological polar surface area (TPSA) is 87.5 Å². The van der Waals surface area contributed by atoms with Crippen molar-refractivity contribution in [2.24, 2.45) is 0 Å². The van der Waals surface area contributed by atoms with Gasteiger partial charge in [0.1, 0.15) is 5.56 Å². The molecule has 26 heavy (non-hydrogen) atoms. The Morgan fingerprint density at radius 1 is 1.19 bits per heavy atom. The summed E-state index contributed by atoms with van der Waals surface area (Å²) >= 11 is 0. The quantitative estimate of drug-likeness (QED) is 0.542. The predicted molar refractivity (Wildman–Crippen MR) is 97.6 cm³/mol. The number of methoxy groups -OCH3 is 1. The highest BCUT2D eigenvalue weighted by Crippen LogP contribution is 2.29. The van der Waals surface area contributed by atoms with Gasteiger partial charge in [-0.25, -0.2) is 13.1 Å². The number of nitrogens with zero attached hydrogens (tertiary/aromatic N) is 2. The van der Waals surface area contributed by atoms with Gasteiger partial charge in [-0.2, -0.15) is 5.10 Å². The predicted octanol–water partition coefficient (Wildman–Crippen LogP) is 2.45. The van der Waals surface area contributed by atoms with E-state index in [4.69, 9.17) is 9.47 Å². The van der Waals surface area contributed by atoms with Crippen LogP contribution in [-0.4, -0.2) is 44.1 Å². The molecule has 0 saturated carbocycles. The van der Waals surface area contributed by atoms with Crippen LogP contribution in [0, 0.1) is 20.8 Å². The maximum Gasteiger partial charge on any atom is 0.225 e. The monoisotopic (exact) mass is 380 g/mol. The van der Waals surface area contributed by atoms with Crippen molar-refractivity contribution in [2.75, 3.05) is 20.2 Å². The molecule has 1 aromatic heterocycles. The molecule has 0 aliphatic rings. The standard InChI is InChI=1S/C18H24N2O5S/c1-7-20-18(25-10-24-5)15(9-19-20)16(21)14-8-11(2)17(26(6,22)23)13(4)12(14)3/h8-9H,7,10H2,1-6H3. The Kier molecular flexibility index (Phi) is 5.87. The molecule has 0 bridgehead atoms. The molecule has 0 aliphatic heterocycles. The molecule has 8 heteroatoms. The summed E-state index contributed by atoms with van der Waals surface area (Å²) < 4.78 is 36.2. The Bertz CT molecular complexity index is 945. The van der Waals surface area contributed by atoms with Gasteiger partial charge in [-0.3, -0.25) is 4.79 Å². The van der Waals surface area contributed by atoms with Crippen molar-refractivity contribution in [1.82, 2.24) is 9.78 Å². The van der Waals surface area contributed by atoms with Crippen LogP contribution in [0.4, 0.5) is 0 Å². The van der Waals surface area contributed by atoms with Crippen LogP contribution in [0.2, 0.25) is 0 Å². The lowest BCUT2D eigenvalue weighted by Gasteiger charge is -2.15. The van der Waals surface area contributed by atoms with E-state index in [1.807, 2.05) is 6.92 Å². The van der Waals surface area contributed by atoms with Crippen molar-refractivity contribution in [3.8, 4) is 5.88 Å². The molecule has 0 unspecified atom stereocenters. The number of carbonyl (C=O) groups is 1. The molecule has 142 valence electrons. The summed E-state index contributed by atoms with van der Waals surface area (Å²) in [6.45, 7) is 7.58. The third kappa shape index (κ3) is 3.66. The molecule has 0 saturated heterocycles. The van der Waals surface area contributed by atoms with Crippen LogP contribution in [0.3, 0.4) is 0 Å². The molecule has 1 heterocycles. The first kappa shape index (κ1) is 20.1. The number of hydrogen-bond donors (Lipinski definition) is 0. The smallest absolute Gasteiger partial charge is 0.225 e. The van der Waals surface area contributed by atoms with E-state index in [1.54, 1.807) is 31.5 Å². The van der Waals surface area contributed by atoms with E-state index < -0.39 is 9.84 Å². The van der Waals surface area contributed by atoms with Crippen LogP contribution >= 0.6 is 0 Å².